The van der Waals surface area contributed by atoms with Crippen LogP contribution in [-0.4, -0.2) is 38.1 Å². The number of fused-ring (bicyclic) bond motifs is 1. The van der Waals surface area contributed by atoms with Gasteiger partial charge in [0, 0.05) is 5.56 Å². The highest BCUT2D eigenvalue weighted by molar-refractivity contribution is 7.22. The number of rotatable bonds is 5. The van der Waals surface area contributed by atoms with E-state index in [0.29, 0.717) is 6.54 Å². The molecule has 0 unspecified atom stereocenters. The summed E-state index contributed by atoms with van der Waals surface area (Å²) in [5, 5.41) is 0.777. The fraction of sp³-hybridized carbons (Fsp3) is 0.333. The topological polar surface area (TPSA) is 37.6 Å². The summed E-state index contributed by atoms with van der Waals surface area (Å²) >= 11 is 1.59. The maximum atomic E-state index is 13.3. The molecular formula is C21H26N3OS+. The minimum absolute atomic E-state index is 0.0195. The molecule has 0 aliphatic heterocycles. The van der Waals surface area contributed by atoms with Gasteiger partial charge in [-0.2, -0.15) is 0 Å². The van der Waals surface area contributed by atoms with Crippen molar-refractivity contribution in [1.29, 1.82) is 0 Å². The number of carbonyl (C=O) groups is 1. The fourth-order valence-electron chi connectivity index (χ4n) is 2.84. The first-order valence-electron chi connectivity index (χ1n) is 8.91. The highest BCUT2D eigenvalue weighted by Crippen LogP contribution is 2.31. The summed E-state index contributed by atoms with van der Waals surface area (Å²) in [4.78, 5) is 21.2. The number of amides is 1. The van der Waals surface area contributed by atoms with Crippen LogP contribution in [0.15, 0.2) is 36.4 Å². The number of aromatic nitrogens is 1. The van der Waals surface area contributed by atoms with Gasteiger partial charge in [0.1, 0.15) is 0 Å². The normalized spacial score (nSPS) is 11.3. The van der Waals surface area contributed by atoms with E-state index in [-0.39, 0.29) is 5.91 Å². The van der Waals surface area contributed by atoms with Crippen molar-refractivity contribution < 1.29 is 9.69 Å². The van der Waals surface area contributed by atoms with Gasteiger partial charge < -0.3 is 4.90 Å². The molecule has 0 aliphatic carbocycles. The van der Waals surface area contributed by atoms with Crippen LogP contribution in [0.25, 0.3) is 10.2 Å². The molecule has 3 rings (SSSR count). The van der Waals surface area contributed by atoms with Crippen molar-refractivity contribution in [1.82, 2.24) is 4.98 Å². The van der Waals surface area contributed by atoms with E-state index in [2.05, 4.69) is 40.1 Å². The number of para-hydroxylation sites is 1. The first-order chi connectivity index (χ1) is 12.4. The third kappa shape index (κ3) is 3.79. The van der Waals surface area contributed by atoms with E-state index in [0.717, 1.165) is 38.6 Å². The fourth-order valence-corrected chi connectivity index (χ4v) is 3.91. The van der Waals surface area contributed by atoms with Crippen molar-refractivity contribution in [2.24, 2.45) is 0 Å². The molecule has 5 heteroatoms. The number of anilines is 1. The number of nitrogens with one attached hydrogen (secondary N) is 1. The Morgan fingerprint density at radius 1 is 1.08 bits per heavy atom. The molecular weight excluding hydrogens is 342 g/mol. The summed E-state index contributed by atoms with van der Waals surface area (Å²) in [5.41, 5.74) is 5.18. The molecule has 136 valence electrons. The Morgan fingerprint density at radius 2 is 1.85 bits per heavy atom. The number of aryl methyl sites for hydroxylation is 3. The summed E-state index contributed by atoms with van der Waals surface area (Å²) in [7, 11) is 4.20. The van der Waals surface area contributed by atoms with Crippen LogP contribution in [0.2, 0.25) is 0 Å². The number of nitrogens with zero attached hydrogens (tertiary/aromatic N) is 2. The third-order valence-corrected chi connectivity index (χ3v) is 5.72. The molecule has 0 atom stereocenters. The predicted octanol–water partition coefficient (Wildman–Crippen LogP) is 3.01. The molecule has 0 spiro atoms. The zero-order valence-corrected chi connectivity index (χ0v) is 16.9. The van der Waals surface area contributed by atoms with Gasteiger partial charge in [-0.3, -0.25) is 9.69 Å². The second-order valence-electron chi connectivity index (χ2n) is 7.13. The Kier molecular flexibility index (Phi) is 5.39. The lowest BCUT2D eigenvalue weighted by molar-refractivity contribution is -0.856. The lowest BCUT2D eigenvalue weighted by atomic mass is 10.1. The number of benzene rings is 2. The van der Waals surface area contributed by atoms with Gasteiger partial charge in [-0.25, -0.2) is 4.98 Å². The maximum Gasteiger partial charge on any atom is 0.260 e. The van der Waals surface area contributed by atoms with Crippen molar-refractivity contribution in [2.75, 3.05) is 32.1 Å². The van der Waals surface area contributed by atoms with E-state index in [4.69, 9.17) is 4.98 Å². The largest absolute Gasteiger partial charge is 0.338 e. The highest BCUT2D eigenvalue weighted by Gasteiger charge is 2.22. The molecule has 1 amide bonds. The van der Waals surface area contributed by atoms with Crippen molar-refractivity contribution in [3.8, 4) is 0 Å². The van der Waals surface area contributed by atoms with Gasteiger partial charge in [-0.1, -0.05) is 29.5 Å². The van der Waals surface area contributed by atoms with Crippen LogP contribution in [0.4, 0.5) is 5.13 Å². The predicted molar refractivity (Wildman–Crippen MR) is 110 cm³/mol. The van der Waals surface area contributed by atoms with E-state index in [1.165, 1.54) is 10.5 Å². The second kappa shape index (κ2) is 7.56. The van der Waals surface area contributed by atoms with E-state index < -0.39 is 0 Å². The average molecular weight is 369 g/mol. The van der Waals surface area contributed by atoms with Crippen LogP contribution in [0.1, 0.15) is 27.0 Å². The van der Waals surface area contributed by atoms with Gasteiger partial charge in [-0.15, -0.1) is 0 Å². The van der Waals surface area contributed by atoms with Crippen LogP contribution in [-0.2, 0) is 0 Å². The Balaban J connectivity index is 2.01. The minimum atomic E-state index is 0.0195. The monoisotopic (exact) mass is 368 g/mol. The molecule has 0 aliphatic rings. The average Bonchev–Trinajstić information content (AvgIpc) is 3.02. The molecule has 0 bridgehead atoms. The molecule has 3 aromatic rings. The molecule has 1 N–H and O–H groups in total. The van der Waals surface area contributed by atoms with E-state index in [1.54, 1.807) is 11.3 Å². The molecule has 1 heterocycles. The van der Waals surface area contributed by atoms with Gasteiger partial charge in [0.2, 0.25) is 0 Å². The van der Waals surface area contributed by atoms with Crippen molar-refractivity contribution >= 4 is 32.6 Å². The quantitative estimate of drug-likeness (QED) is 0.752. The Bertz CT molecular complexity index is 946. The first kappa shape index (κ1) is 18.5. The molecule has 2 aromatic carbocycles. The minimum Gasteiger partial charge on any atom is -0.338 e. The van der Waals surface area contributed by atoms with Gasteiger partial charge in [-0.05, 0) is 55.7 Å². The Labute approximate surface area is 159 Å². The number of carbonyl (C=O) groups excluding carboxylic acids is 1. The van der Waals surface area contributed by atoms with Crippen LogP contribution >= 0.6 is 11.3 Å². The van der Waals surface area contributed by atoms with E-state index in [9.17, 15) is 4.79 Å². The van der Waals surface area contributed by atoms with Gasteiger partial charge >= 0.3 is 0 Å². The zero-order valence-electron chi connectivity index (χ0n) is 16.1. The maximum absolute atomic E-state index is 13.3. The number of thiazole rings is 1. The summed E-state index contributed by atoms with van der Waals surface area (Å²) < 4.78 is 1.12. The zero-order chi connectivity index (χ0) is 18.8. The lowest BCUT2D eigenvalue weighted by Crippen LogP contribution is -3.06. The summed E-state index contributed by atoms with van der Waals surface area (Å²) in [6, 6.07) is 12.1. The lowest BCUT2D eigenvalue weighted by Gasteiger charge is -2.21. The summed E-state index contributed by atoms with van der Waals surface area (Å²) in [6.45, 7) is 7.68. The summed E-state index contributed by atoms with van der Waals surface area (Å²) in [5.74, 6) is 0.0195. The number of hydrogen-bond acceptors (Lipinski definition) is 3. The Morgan fingerprint density at radius 3 is 2.50 bits per heavy atom. The number of quaternary nitrogens is 1. The van der Waals surface area contributed by atoms with Gasteiger partial charge in [0.15, 0.2) is 5.13 Å². The van der Waals surface area contributed by atoms with Gasteiger partial charge in [0.25, 0.3) is 5.91 Å². The molecule has 26 heavy (non-hydrogen) atoms. The summed E-state index contributed by atoms with van der Waals surface area (Å²) in [6.07, 6.45) is 0. The second-order valence-corrected chi connectivity index (χ2v) is 8.14. The molecule has 0 radical (unpaired) electrons. The number of likely N-dealkylation sites (N-methyl/N-ethyl adjacent to an activating group) is 1. The molecule has 1 aromatic heterocycles. The molecule has 0 saturated heterocycles. The smallest absolute Gasteiger partial charge is 0.260 e. The van der Waals surface area contributed by atoms with Crippen LogP contribution < -0.4 is 9.80 Å². The Hall–Kier alpha value is -2.24. The van der Waals surface area contributed by atoms with E-state index >= 15 is 0 Å². The van der Waals surface area contributed by atoms with Gasteiger partial charge in [0.05, 0.1) is 37.4 Å². The van der Waals surface area contributed by atoms with Crippen LogP contribution in [0.5, 0.6) is 0 Å². The van der Waals surface area contributed by atoms with Crippen molar-refractivity contribution in [3.05, 3.63) is 58.7 Å². The first-order valence-corrected chi connectivity index (χ1v) is 9.73. The van der Waals surface area contributed by atoms with E-state index in [1.807, 2.05) is 36.1 Å². The van der Waals surface area contributed by atoms with Crippen LogP contribution in [0.3, 0.4) is 0 Å². The third-order valence-electron chi connectivity index (χ3n) is 4.67. The highest BCUT2D eigenvalue weighted by atomic mass is 32.1. The molecule has 0 saturated carbocycles. The SMILES string of the molecule is Cc1ccc(C(=O)N(CC[NH+](C)C)c2nc3c(C)cccc3s2)cc1C. The van der Waals surface area contributed by atoms with Crippen LogP contribution in [0, 0.1) is 20.8 Å². The number of hydrogen-bond donors (Lipinski definition) is 1. The molecule has 4 nitrogen and oxygen atoms in total. The van der Waals surface area contributed by atoms with Crippen molar-refractivity contribution in [2.45, 2.75) is 20.8 Å². The molecule has 0 fully saturated rings. The standard InChI is InChI=1S/C21H25N3OS/c1-14-9-10-17(13-16(14)3)20(25)24(12-11-23(4)5)21-22-19-15(2)7-6-8-18(19)26-21/h6-10,13H,11-12H2,1-5H3/p+1. The van der Waals surface area contributed by atoms with Crippen molar-refractivity contribution in [3.63, 3.8) is 0 Å².